The Morgan fingerprint density at radius 2 is 1.89 bits per heavy atom. The summed E-state index contributed by atoms with van der Waals surface area (Å²) in [6, 6.07) is 9.13. The molecule has 1 atom stereocenters. The summed E-state index contributed by atoms with van der Waals surface area (Å²) in [6.07, 6.45) is 0. The molecule has 0 aliphatic carbocycles. The average molecular weight is 263 g/mol. The summed E-state index contributed by atoms with van der Waals surface area (Å²) in [5.41, 5.74) is 2.47. The van der Waals surface area contributed by atoms with Gasteiger partial charge >= 0.3 is 0 Å². The maximum atomic E-state index is 12.8. The summed E-state index contributed by atoms with van der Waals surface area (Å²) < 4.78 is 12.8. The Balaban J connectivity index is 1.95. The van der Waals surface area contributed by atoms with Gasteiger partial charge in [0.05, 0.1) is 0 Å². The first-order valence-electron chi connectivity index (χ1n) is 6.11. The standard InChI is InChI=1S/C15H18FNS/c1-10-8-15(18-12(10)3)9-17-11(2)13-4-6-14(16)7-5-13/h4-8,11,17H,9H2,1-3H3. The van der Waals surface area contributed by atoms with Gasteiger partial charge in [-0.3, -0.25) is 0 Å². The molecule has 0 radical (unpaired) electrons. The third kappa shape index (κ3) is 3.18. The lowest BCUT2D eigenvalue weighted by Crippen LogP contribution is -2.17. The van der Waals surface area contributed by atoms with E-state index in [1.807, 2.05) is 23.5 Å². The number of benzene rings is 1. The number of hydrogen-bond donors (Lipinski definition) is 1. The Kier molecular flexibility index (Phi) is 4.15. The van der Waals surface area contributed by atoms with Crippen molar-refractivity contribution in [2.75, 3.05) is 0 Å². The fourth-order valence-electron chi connectivity index (χ4n) is 1.86. The molecule has 3 heteroatoms. The van der Waals surface area contributed by atoms with Crippen LogP contribution in [0.3, 0.4) is 0 Å². The minimum absolute atomic E-state index is 0.185. The van der Waals surface area contributed by atoms with Crippen LogP contribution in [-0.4, -0.2) is 0 Å². The Bertz CT molecular complexity index is 496. The van der Waals surface area contributed by atoms with Crippen LogP contribution in [0.5, 0.6) is 0 Å². The van der Waals surface area contributed by atoms with Crippen LogP contribution in [0.15, 0.2) is 30.3 Å². The molecule has 96 valence electrons. The number of aryl methyl sites for hydroxylation is 2. The lowest BCUT2D eigenvalue weighted by molar-refractivity contribution is 0.575. The van der Waals surface area contributed by atoms with Gasteiger partial charge in [0.25, 0.3) is 0 Å². The zero-order valence-electron chi connectivity index (χ0n) is 11.0. The topological polar surface area (TPSA) is 12.0 Å². The highest BCUT2D eigenvalue weighted by Crippen LogP contribution is 2.21. The number of halogens is 1. The lowest BCUT2D eigenvalue weighted by Gasteiger charge is -2.13. The Morgan fingerprint density at radius 3 is 2.44 bits per heavy atom. The van der Waals surface area contributed by atoms with E-state index in [0.717, 1.165) is 12.1 Å². The van der Waals surface area contributed by atoms with Gasteiger partial charge in [-0.05, 0) is 50.1 Å². The molecule has 0 bridgehead atoms. The molecule has 18 heavy (non-hydrogen) atoms. The molecule has 0 aliphatic heterocycles. The van der Waals surface area contributed by atoms with Gasteiger partial charge in [0, 0.05) is 22.3 Å². The van der Waals surface area contributed by atoms with Crippen molar-refractivity contribution >= 4 is 11.3 Å². The third-order valence-electron chi connectivity index (χ3n) is 3.17. The van der Waals surface area contributed by atoms with Crippen molar-refractivity contribution in [1.82, 2.24) is 5.32 Å². The normalized spacial score (nSPS) is 12.7. The molecule has 1 N–H and O–H groups in total. The van der Waals surface area contributed by atoms with Crippen molar-refractivity contribution in [2.45, 2.75) is 33.4 Å². The molecule has 0 spiro atoms. The zero-order chi connectivity index (χ0) is 13.1. The summed E-state index contributed by atoms with van der Waals surface area (Å²) in [5, 5.41) is 3.46. The SMILES string of the molecule is Cc1cc(CNC(C)c2ccc(F)cc2)sc1C. The average Bonchev–Trinajstić information content (AvgIpc) is 2.67. The summed E-state index contributed by atoms with van der Waals surface area (Å²) >= 11 is 1.83. The largest absolute Gasteiger partial charge is 0.305 e. The van der Waals surface area contributed by atoms with E-state index in [2.05, 4.69) is 32.2 Å². The second-order valence-electron chi connectivity index (χ2n) is 4.61. The van der Waals surface area contributed by atoms with E-state index < -0.39 is 0 Å². The zero-order valence-corrected chi connectivity index (χ0v) is 11.8. The smallest absolute Gasteiger partial charge is 0.123 e. The van der Waals surface area contributed by atoms with Crippen LogP contribution in [-0.2, 0) is 6.54 Å². The van der Waals surface area contributed by atoms with Crippen LogP contribution >= 0.6 is 11.3 Å². The molecule has 1 heterocycles. The molecule has 1 aromatic carbocycles. The fraction of sp³-hybridized carbons (Fsp3) is 0.333. The van der Waals surface area contributed by atoms with Gasteiger partial charge in [-0.15, -0.1) is 11.3 Å². The van der Waals surface area contributed by atoms with Crippen LogP contribution in [0.25, 0.3) is 0 Å². The van der Waals surface area contributed by atoms with E-state index in [9.17, 15) is 4.39 Å². The molecule has 0 aliphatic rings. The van der Waals surface area contributed by atoms with Crippen molar-refractivity contribution in [1.29, 1.82) is 0 Å². The second kappa shape index (κ2) is 5.63. The van der Waals surface area contributed by atoms with E-state index in [-0.39, 0.29) is 11.9 Å². The molecule has 1 unspecified atom stereocenters. The molecule has 1 nitrogen and oxygen atoms in total. The number of rotatable bonds is 4. The summed E-state index contributed by atoms with van der Waals surface area (Å²) in [7, 11) is 0. The quantitative estimate of drug-likeness (QED) is 0.864. The van der Waals surface area contributed by atoms with E-state index in [0.29, 0.717) is 0 Å². The molecule has 2 rings (SSSR count). The van der Waals surface area contributed by atoms with Gasteiger partial charge < -0.3 is 5.32 Å². The van der Waals surface area contributed by atoms with Crippen LogP contribution in [0.1, 0.15) is 33.8 Å². The van der Waals surface area contributed by atoms with Gasteiger partial charge in [-0.1, -0.05) is 12.1 Å². The van der Waals surface area contributed by atoms with Gasteiger partial charge in [-0.25, -0.2) is 4.39 Å². The summed E-state index contributed by atoms with van der Waals surface area (Å²) in [4.78, 5) is 2.72. The van der Waals surface area contributed by atoms with Crippen molar-refractivity contribution in [3.8, 4) is 0 Å². The predicted octanol–water partition coefficient (Wildman–Crippen LogP) is 4.35. The molecule has 0 saturated heterocycles. The maximum absolute atomic E-state index is 12.8. The number of hydrogen-bond acceptors (Lipinski definition) is 2. The van der Waals surface area contributed by atoms with Crippen molar-refractivity contribution in [3.05, 3.63) is 57.0 Å². The maximum Gasteiger partial charge on any atom is 0.123 e. The van der Waals surface area contributed by atoms with E-state index in [1.165, 1.54) is 27.5 Å². The first kappa shape index (κ1) is 13.2. The second-order valence-corrected chi connectivity index (χ2v) is 5.95. The van der Waals surface area contributed by atoms with Gasteiger partial charge in [0.15, 0.2) is 0 Å². The van der Waals surface area contributed by atoms with Crippen LogP contribution in [0.2, 0.25) is 0 Å². The first-order chi connectivity index (χ1) is 8.56. The molecular weight excluding hydrogens is 245 g/mol. The lowest BCUT2D eigenvalue weighted by atomic mass is 10.1. The molecule has 0 amide bonds. The highest BCUT2D eigenvalue weighted by atomic mass is 32.1. The van der Waals surface area contributed by atoms with Crippen molar-refractivity contribution in [3.63, 3.8) is 0 Å². The van der Waals surface area contributed by atoms with E-state index in [4.69, 9.17) is 0 Å². The highest BCUT2D eigenvalue weighted by molar-refractivity contribution is 7.12. The Morgan fingerprint density at radius 1 is 1.22 bits per heavy atom. The van der Waals surface area contributed by atoms with Crippen molar-refractivity contribution in [2.24, 2.45) is 0 Å². The molecule has 0 fully saturated rings. The van der Waals surface area contributed by atoms with Crippen LogP contribution < -0.4 is 5.32 Å². The van der Waals surface area contributed by atoms with Crippen molar-refractivity contribution < 1.29 is 4.39 Å². The molecule has 0 saturated carbocycles. The Labute approximate surface area is 112 Å². The summed E-state index contributed by atoms with van der Waals surface area (Å²) in [5.74, 6) is -0.185. The minimum Gasteiger partial charge on any atom is -0.305 e. The van der Waals surface area contributed by atoms with Gasteiger partial charge in [0.2, 0.25) is 0 Å². The minimum atomic E-state index is -0.185. The molecule has 1 aromatic heterocycles. The monoisotopic (exact) mass is 263 g/mol. The van der Waals surface area contributed by atoms with Crippen LogP contribution in [0, 0.1) is 19.7 Å². The Hall–Kier alpha value is -1.19. The molecule has 2 aromatic rings. The van der Waals surface area contributed by atoms with Gasteiger partial charge in [0.1, 0.15) is 5.82 Å². The van der Waals surface area contributed by atoms with E-state index >= 15 is 0 Å². The highest BCUT2D eigenvalue weighted by Gasteiger charge is 2.06. The predicted molar refractivity (Wildman–Crippen MR) is 75.4 cm³/mol. The summed E-state index contributed by atoms with van der Waals surface area (Å²) in [6.45, 7) is 7.24. The third-order valence-corrected chi connectivity index (χ3v) is 4.32. The molecular formula is C15H18FNS. The number of thiophene rings is 1. The van der Waals surface area contributed by atoms with Gasteiger partial charge in [-0.2, -0.15) is 0 Å². The fourth-order valence-corrected chi connectivity index (χ4v) is 2.86. The first-order valence-corrected chi connectivity index (χ1v) is 6.92. The van der Waals surface area contributed by atoms with Crippen LogP contribution in [0.4, 0.5) is 4.39 Å². The van der Waals surface area contributed by atoms with E-state index in [1.54, 1.807) is 0 Å². The number of nitrogens with one attached hydrogen (secondary N) is 1.